The van der Waals surface area contributed by atoms with Gasteiger partial charge in [0.05, 0.1) is 5.75 Å². The largest absolute Gasteiger partial charge is 0.325 e. The van der Waals surface area contributed by atoms with Gasteiger partial charge in [0.2, 0.25) is 11.8 Å². The Kier molecular flexibility index (Phi) is 5.11. The number of halogens is 1. The van der Waals surface area contributed by atoms with Gasteiger partial charge in [0, 0.05) is 34.8 Å². The van der Waals surface area contributed by atoms with E-state index in [0.717, 1.165) is 28.3 Å². The number of carbonyl (C=O) groups is 2. The molecule has 4 nitrogen and oxygen atoms in total. The van der Waals surface area contributed by atoms with Crippen LogP contribution in [0.3, 0.4) is 0 Å². The molecular formula is C18H17ClN2O2S. The Balaban J connectivity index is 1.59. The summed E-state index contributed by atoms with van der Waals surface area (Å²) in [6, 6.07) is 13.1. The quantitative estimate of drug-likeness (QED) is 0.839. The summed E-state index contributed by atoms with van der Waals surface area (Å²) < 4.78 is 0. The van der Waals surface area contributed by atoms with E-state index in [2.05, 4.69) is 5.32 Å². The van der Waals surface area contributed by atoms with Crippen LogP contribution in [0.15, 0.2) is 47.4 Å². The van der Waals surface area contributed by atoms with Crippen molar-refractivity contribution in [3.05, 3.63) is 53.1 Å². The lowest BCUT2D eigenvalue weighted by Gasteiger charge is -2.15. The number of nitrogens with one attached hydrogen (secondary N) is 1. The van der Waals surface area contributed by atoms with Crippen LogP contribution in [0.4, 0.5) is 11.4 Å². The average Bonchev–Trinajstić information content (AvgIpc) is 2.97. The number of anilines is 2. The molecule has 6 heteroatoms. The maximum atomic E-state index is 12.1. The molecule has 3 rings (SSSR count). The van der Waals surface area contributed by atoms with Crippen LogP contribution in [-0.2, 0) is 16.0 Å². The van der Waals surface area contributed by atoms with E-state index in [-0.39, 0.29) is 11.8 Å². The number of hydrogen-bond acceptors (Lipinski definition) is 3. The molecule has 0 aliphatic carbocycles. The van der Waals surface area contributed by atoms with Gasteiger partial charge in [-0.25, -0.2) is 0 Å². The van der Waals surface area contributed by atoms with Crippen LogP contribution in [0.1, 0.15) is 12.5 Å². The molecule has 1 heterocycles. The van der Waals surface area contributed by atoms with Crippen LogP contribution < -0.4 is 10.2 Å². The van der Waals surface area contributed by atoms with Gasteiger partial charge < -0.3 is 10.2 Å². The van der Waals surface area contributed by atoms with Crippen molar-refractivity contribution in [2.45, 2.75) is 18.2 Å². The molecule has 0 unspecified atom stereocenters. The number of thioether (sulfide) groups is 1. The molecule has 2 aromatic carbocycles. The van der Waals surface area contributed by atoms with E-state index in [1.807, 2.05) is 42.5 Å². The lowest BCUT2D eigenvalue weighted by Crippen LogP contribution is -2.25. The second-order valence-corrected chi connectivity index (χ2v) is 7.04. The molecule has 0 bridgehead atoms. The fourth-order valence-electron chi connectivity index (χ4n) is 2.68. The normalized spacial score (nSPS) is 12.8. The Bertz CT molecular complexity index is 777. The van der Waals surface area contributed by atoms with Crippen molar-refractivity contribution < 1.29 is 9.59 Å². The van der Waals surface area contributed by atoms with E-state index in [1.54, 1.807) is 11.8 Å². The molecule has 124 valence electrons. The highest BCUT2D eigenvalue weighted by Crippen LogP contribution is 2.30. The van der Waals surface area contributed by atoms with E-state index in [1.165, 1.54) is 11.8 Å². The van der Waals surface area contributed by atoms with Gasteiger partial charge in [0.1, 0.15) is 0 Å². The Morgan fingerprint density at radius 1 is 1.21 bits per heavy atom. The zero-order valence-corrected chi connectivity index (χ0v) is 14.8. The first-order valence-electron chi connectivity index (χ1n) is 7.62. The molecule has 1 aliphatic rings. The number of rotatable bonds is 4. The second-order valence-electron chi connectivity index (χ2n) is 5.55. The number of carbonyl (C=O) groups excluding carboxylic acids is 2. The highest BCUT2D eigenvalue weighted by atomic mass is 35.5. The maximum Gasteiger partial charge on any atom is 0.234 e. The van der Waals surface area contributed by atoms with Gasteiger partial charge >= 0.3 is 0 Å². The Labute approximate surface area is 150 Å². The van der Waals surface area contributed by atoms with Gasteiger partial charge in [0.15, 0.2) is 0 Å². The van der Waals surface area contributed by atoms with Crippen molar-refractivity contribution in [3.8, 4) is 0 Å². The highest BCUT2D eigenvalue weighted by molar-refractivity contribution is 8.00. The fraction of sp³-hybridized carbons (Fsp3) is 0.222. The van der Waals surface area contributed by atoms with Gasteiger partial charge in [0.25, 0.3) is 0 Å². The van der Waals surface area contributed by atoms with Crippen LogP contribution in [-0.4, -0.2) is 24.1 Å². The summed E-state index contributed by atoms with van der Waals surface area (Å²) in [5.41, 5.74) is 2.80. The predicted octanol–water partition coefficient (Wildman–Crippen LogP) is 3.98. The molecule has 0 atom stereocenters. The minimum absolute atomic E-state index is 0.0462. The van der Waals surface area contributed by atoms with E-state index in [9.17, 15) is 9.59 Å². The average molecular weight is 361 g/mol. The molecule has 1 N–H and O–H groups in total. The summed E-state index contributed by atoms with van der Waals surface area (Å²) in [7, 11) is 0. The third kappa shape index (κ3) is 3.91. The lowest BCUT2D eigenvalue weighted by molar-refractivity contribution is -0.116. The first kappa shape index (κ1) is 16.9. The van der Waals surface area contributed by atoms with E-state index in [0.29, 0.717) is 17.3 Å². The van der Waals surface area contributed by atoms with Gasteiger partial charge in [-0.1, -0.05) is 11.6 Å². The molecule has 0 saturated carbocycles. The molecule has 0 aromatic heterocycles. The summed E-state index contributed by atoms with van der Waals surface area (Å²) >= 11 is 7.31. The number of benzene rings is 2. The Hall–Kier alpha value is -1.98. The van der Waals surface area contributed by atoms with Crippen LogP contribution in [0.25, 0.3) is 0 Å². The number of amides is 2. The third-order valence-electron chi connectivity index (χ3n) is 3.82. The van der Waals surface area contributed by atoms with E-state index < -0.39 is 0 Å². The van der Waals surface area contributed by atoms with Gasteiger partial charge in [-0.3, -0.25) is 9.59 Å². The van der Waals surface area contributed by atoms with Crippen molar-refractivity contribution in [3.63, 3.8) is 0 Å². The van der Waals surface area contributed by atoms with Crippen molar-refractivity contribution >= 4 is 46.6 Å². The van der Waals surface area contributed by atoms with Crippen molar-refractivity contribution in [2.24, 2.45) is 0 Å². The van der Waals surface area contributed by atoms with Crippen LogP contribution >= 0.6 is 23.4 Å². The van der Waals surface area contributed by atoms with E-state index >= 15 is 0 Å². The Morgan fingerprint density at radius 2 is 1.96 bits per heavy atom. The van der Waals surface area contributed by atoms with Crippen LogP contribution in [0.2, 0.25) is 5.02 Å². The maximum absolute atomic E-state index is 12.1. The number of hydrogen-bond donors (Lipinski definition) is 1. The van der Waals surface area contributed by atoms with Crippen molar-refractivity contribution in [1.29, 1.82) is 0 Å². The first-order valence-corrected chi connectivity index (χ1v) is 8.98. The zero-order chi connectivity index (χ0) is 17.1. The molecule has 2 aromatic rings. The van der Waals surface area contributed by atoms with Crippen LogP contribution in [0, 0.1) is 0 Å². The summed E-state index contributed by atoms with van der Waals surface area (Å²) in [4.78, 5) is 26.4. The first-order chi connectivity index (χ1) is 11.5. The minimum atomic E-state index is -0.0590. The van der Waals surface area contributed by atoms with E-state index in [4.69, 9.17) is 11.6 Å². The predicted molar refractivity (Wildman–Crippen MR) is 99.0 cm³/mol. The molecular weight excluding hydrogens is 344 g/mol. The summed E-state index contributed by atoms with van der Waals surface area (Å²) in [5, 5.41) is 3.59. The number of fused-ring (bicyclic) bond motifs is 1. The highest BCUT2D eigenvalue weighted by Gasteiger charge is 2.22. The fourth-order valence-corrected chi connectivity index (χ4v) is 3.51. The summed E-state index contributed by atoms with van der Waals surface area (Å²) in [6.45, 7) is 2.27. The molecule has 0 saturated heterocycles. The zero-order valence-electron chi connectivity index (χ0n) is 13.2. The molecule has 24 heavy (non-hydrogen) atoms. The second kappa shape index (κ2) is 7.28. The third-order valence-corrected chi connectivity index (χ3v) is 5.09. The molecule has 0 fully saturated rings. The molecule has 0 radical (unpaired) electrons. The summed E-state index contributed by atoms with van der Waals surface area (Å²) in [5.74, 6) is 0.319. The van der Waals surface area contributed by atoms with Crippen molar-refractivity contribution in [1.82, 2.24) is 0 Å². The lowest BCUT2D eigenvalue weighted by atomic mass is 10.1. The smallest absolute Gasteiger partial charge is 0.234 e. The monoisotopic (exact) mass is 360 g/mol. The van der Waals surface area contributed by atoms with Gasteiger partial charge in [-0.05, 0) is 54.4 Å². The van der Waals surface area contributed by atoms with Crippen molar-refractivity contribution in [2.75, 3.05) is 22.5 Å². The summed E-state index contributed by atoms with van der Waals surface area (Å²) in [6.07, 6.45) is 0.818. The molecule has 0 spiro atoms. The van der Waals surface area contributed by atoms with Gasteiger partial charge in [-0.2, -0.15) is 0 Å². The topological polar surface area (TPSA) is 49.4 Å². The standard InChI is InChI=1S/C18H17ClN2O2S/c1-12(22)21-9-8-13-10-15(4-7-17(13)21)20-18(23)11-24-16-5-2-14(19)3-6-16/h2-7,10H,8-9,11H2,1H3,(H,20,23). The SMILES string of the molecule is CC(=O)N1CCc2cc(NC(=O)CSc3ccc(Cl)cc3)ccc21. The molecule has 1 aliphatic heterocycles. The van der Waals surface area contributed by atoms with Gasteiger partial charge in [-0.15, -0.1) is 11.8 Å². The number of nitrogens with zero attached hydrogens (tertiary/aromatic N) is 1. The van der Waals surface area contributed by atoms with Crippen LogP contribution in [0.5, 0.6) is 0 Å². The molecule has 2 amide bonds. The Morgan fingerprint density at radius 3 is 2.67 bits per heavy atom. The minimum Gasteiger partial charge on any atom is -0.325 e.